The Hall–Kier alpha value is -1.79. The summed E-state index contributed by atoms with van der Waals surface area (Å²) in [6.07, 6.45) is 1.13. The van der Waals surface area contributed by atoms with Crippen LogP contribution in [0.15, 0.2) is 30.3 Å². The molecule has 0 unspecified atom stereocenters. The molecular formula is C14H18N4OS. The Bertz CT molecular complexity index is 574. The second-order valence-corrected chi connectivity index (χ2v) is 6.15. The number of nitrogens with two attached hydrogens (primary N) is 1. The number of nitrogens with one attached hydrogen (secondary N) is 1. The zero-order valence-corrected chi connectivity index (χ0v) is 12.4. The second kappa shape index (κ2) is 6.11. The van der Waals surface area contributed by atoms with E-state index in [0.717, 1.165) is 5.56 Å². The molecule has 0 fully saturated rings. The van der Waals surface area contributed by atoms with E-state index in [0.29, 0.717) is 23.0 Å². The molecule has 0 bridgehead atoms. The van der Waals surface area contributed by atoms with Gasteiger partial charge in [-0.25, -0.2) is 0 Å². The normalized spacial score (nSPS) is 11.3. The maximum absolute atomic E-state index is 11.8. The van der Waals surface area contributed by atoms with Crippen molar-refractivity contribution in [3.8, 4) is 0 Å². The Kier molecular flexibility index (Phi) is 4.46. The number of aromatic nitrogens is 2. The van der Waals surface area contributed by atoms with Crippen LogP contribution in [-0.4, -0.2) is 16.1 Å². The van der Waals surface area contributed by atoms with Crippen molar-refractivity contribution in [3.63, 3.8) is 0 Å². The highest BCUT2D eigenvalue weighted by atomic mass is 32.1. The second-order valence-electron chi connectivity index (χ2n) is 5.17. The topological polar surface area (TPSA) is 80.9 Å². The van der Waals surface area contributed by atoms with Gasteiger partial charge in [-0.3, -0.25) is 4.79 Å². The summed E-state index contributed by atoms with van der Waals surface area (Å²) < 4.78 is 0. The molecule has 6 heteroatoms. The summed E-state index contributed by atoms with van der Waals surface area (Å²) in [7, 11) is 0. The molecule has 1 aromatic carbocycles. The molecule has 20 heavy (non-hydrogen) atoms. The Morgan fingerprint density at radius 3 is 2.60 bits per heavy atom. The predicted octanol–water partition coefficient (Wildman–Crippen LogP) is 2.30. The van der Waals surface area contributed by atoms with Gasteiger partial charge < -0.3 is 11.1 Å². The quantitative estimate of drug-likeness (QED) is 0.885. The molecule has 106 valence electrons. The summed E-state index contributed by atoms with van der Waals surface area (Å²) >= 11 is 1.31. The molecule has 0 aliphatic rings. The lowest BCUT2D eigenvalue weighted by atomic mass is 10.1. The fourth-order valence-electron chi connectivity index (χ4n) is 1.62. The van der Waals surface area contributed by atoms with Crippen LogP contribution in [0.3, 0.4) is 0 Å². The highest BCUT2D eigenvalue weighted by Gasteiger charge is 2.20. The van der Waals surface area contributed by atoms with Crippen LogP contribution in [0.4, 0.5) is 5.13 Å². The molecule has 1 heterocycles. The maximum Gasteiger partial charge on any atom is 0.226 e. The molecule has 2 rings (SSSR count). The van der Waals surface area contributed by atoms with Crippen LogP contribution in [0.1, 0.15) is 30.8 Å². The third-order valence-corrected chi connectivity index (χ3v) is 3.88. The summed E-state index contributed by atoms with van der Waals surface area (Å²) in [6, 6.07) is 9.91. The Balaban J connectivity index is 1.87. The Morgan fingerprint density at radius 2 is 2.00 bits per heavy atom. The van der Waals surface area contributed by atoms with Gasteiger partial charge in [0.1, 0.15) is 5.01 Å². The van der Waals surface area contributed by atoms with Crippen LogP contribution < -0.4 is 11.1 Å². The molecule has 0 saturated carbocycles. The van der Waals surface area contributed by atoms with E-state index in [9.17, 15) is 4.79 Å². The first-order valence-electron chi connectivity index (χ1n) is 6.42. The van der Waals surface area contributed by atoms with Crippen LogP contribution in [-0.2, 0) is 16.8 Å². The van der Waals surface area contributed by atoms with Crippen LogP contribution >= 0.6 is 11.3 Å². The number of aryl methyl sites for hydroxylation is 1. The van der Waals surface area contributed by atoms with Gasteiger partial charge in [-0.2, -0.15) is 0 Å². The first kappa shape index (κ1) is 14.6. The van der Waals surface area contributed by atoms with Crippen molar-refractivity contribution in [2.75, 3.05) is 5.32 Å². The van der Waals surface area contributed by atoms with Crippen molar-refractivity contribution in [3.05, 3.63) is 40.9 Å². The lowest BCUT2D eigenvalue weighted by Crippen LogP contribution is -2.28. The van der Waals surface area contributed by atoms with E-state index in [-0.39, 0.29) is 5.91 Å². The summed E-state index contributed by atoms with van der Waals surface area (Å²) in [6.45, 7) is 3.71. The van der Waals surface area contributed by atoms with Crippen LogP contribution in [0.2, 0.25) is 0 Å². The van der Waals surface area contributed by atoms with Gasteiger partial charge in [0, 0.05) is 6.42 Å². The van der Waals surface area contributed by atoms with E-state index in [1.165, 1.54) is 11.3 Å². The molecule has 0 saturated heterocycles. The first-order valence-corrected chi connectivity index (χ1v) is 7.23. The molecule has 0 aliphatic heterocycles. The minimum Gasteiger partial charge on any atom is -0.320 e. The number of hydrogen-bond acceptors (Lipinski definition) is 5. The lowest BCUT2D eigenvalue weighted by Gasteiger charge is -2.12. The third kappa shape index (κ3) is 4.11. The number of anilines is 1. The van der Waals surface area contributed by atoms with Crippen LogP contribution in [0.25, 0.3) is 0 Å². The fourth-order valence-corrected chi connectivity index (χ4v) is 2.39. The molecule has 0 aliphatic carbocycles. The molecule has 1 amide bonds. The summed E-state index contributed by atoms with van der Waals surface area (Å²) in [5.74, 6) is -0.0635. The largest absolute Gasteiger partial charge is 0.320 e. The zero-order chi connectivity index (χ0) is 14.6. The highest BCUT2D eigenvalue weighted by molar-refractivity contribution is 7.15. The average Bonchev–Trinajstić information content (AvgIpc) is 2.86. The summed E-state index contributed by atoms with van der Waals surface area (Å²) in [4.78, 5) is 11.8. The maximum atomic E-state index is 11.8. The van der Waals surface area contributed by atoms with E-state index in [4.69, 9.17) is 5.73 Å². The first-order chi connectivity index (χ1) is 9.45. The van der Waals surface area contributed by atoms with Gasteiger partial charge in [-0.15, -0.1) is 10.2 Å². The lowest BCUT2D eigenvalue weighted by molar-refractivity contribution is -0.116. The monoisotopic (exact) mass is 290 g/mol. The van der Waals surface area contributed by atoms with Gasteiger partial charge in [-0.1, -0.05) is 41.7 Å². The number of rotatable bonds is 5. The number of hydrogen-bond donors (Lipinski definition) is 2. The predicted molar refractivity (Wildman–Crippen MR) is 80.5 cm³/mol. The minimum atomic E-state index is -0.537. The molecule has 5 nitrogen and oxygen atoms in total. The van der Waals surface area contributed by atoms with Gasteiger partial charge in [-0.05, 0) is 25.8 Å². The van der Waals surface area contributed by atoms with Gasteiger partial charge >= 0.3 is 0 Å². The van der Waals surface area contributed by atoms with Gasteiger partial charge in [0.25, 0.3) is 0 Å². The van der Waals surface area contributed by atoms with Crippen molar-refractivity contribution in [2.45, 2.75) is 32.2 Å². The molecule has 0 spiro atoms. The molecule has 0 radical (unpaired) electrons. The van der Waals surface area contributed by atoms with Crippen molar-refractivity contribution < 1.29 is 4.79 Å². The molecule has 1 aromatic heterocycles. The van der Waals surface area contributed by atoms with E-state index in [1.54, 1.807) is 0 Å². The number of carbonyl (C=O) groups is 1. The van der Waals surface area contributed by atoms with E-state index >= 15 is 0 Å². The van der Waals surface area contributed by atoms with Crippen molar-refractivity contribution in [1.29, 1.82) is 0 Å². The van der Waals surface area contributed by atoms with Crippen molar-refractivity contribution in [2.24, 2.45) is 5.73 Å². The SMILES string of the molecule is CC(C)(N)c1nnc(NC(=O)CCc2ccccc2)s1. The summed E-state index contributed by atoms with van der Waals surface area (Å²) in [5, 5.41) is 11.9. The average molecular weight is 290 g/mol. The Labute approximate surface area is 122 Å². The van der Waals surface area contributed by atoms with E-state index in [1.807, 2.05) is 44.2 Å². The summed E-state index contributed by atoms with van der Waals surface area (Å²) in [5.41, 5.74) is 6.54. The van der Waals surface area contributed by atoms with Crippen molar-refractivity contribution in [1.82, 2.24) is 10.2 Å². The van der Waals surface area contributed by atoms with Crippen LogP contribution in [0, 0.1) is 0 Å². The molecule has 0 atom stereocenters. The van der Waals surface area contributed by atoms with E-state index < -0.39 is 5.54 Å². The zero-order valence-electron chi connectivity index (χ0n) is 11.6. The van der Waals surface area contributed by atoms with Crippen molar-refractivity contribution >= 4 is 22.4 Å². The fraction of sp³-hybridized carbons (Fsp3) is 0.357. The van der Waals surface area contributed by atoms with Gasteiger partial charge in [0.15, 0.2) is 0 Å². The number of carbonyl (C=O) groups excluding carboxylic acids is 1. The van der Waals surface area contributed by atoms with Crippen LogP contribution in [0.5, 0.6) is 0 Å². The smallest absolute Gasteiger partial charge is 0.226 e. The number of amides is 1. The van der Waals surface area contributed by atoms with E-state index in [2.05, 4.69) is 15.5 Å². The minimum absolute atomic E-state index is 0.0635. The molecule has 3 N–H and O–H groups in total. The third-order valence-electron chi connectivity index (χ3n) is 2.71. The standard InChI is InChI=1S/C14H18N4OS/c1-14(2,15)12-17-18-13(20-12)16-11(19)9-8-10-6-4-3-5-7-10/h3-7H,8-9,15H2,1-2H3,(H,16,18,19). The highest BCUT2D eigenvalue weighted by Crippen LogP contribution is 2.24. The van der Waals surface area contributed by atoms with Gasteiger partial charge in [0.2, 0.25) is 11.0 Å². The Morgan fingerprint density at radius 1 is 1.30 bits per heavy atom. The van der Waals surface area contributed by atoms with Gasteiger partial charge in [0.05, 0.1) is 5.54 Å². The molecular weight excluding hydrogens is 272 g/mol. The number of benzene rings is 1. The number of nitrogens with zero attached hydrogens (tertiary/aromatic N) is 2. The molecule has 2 aromatic rings.